The highest BCUT2D eigenvalue weighted by Crippen LogP contribution is 2.45. The van der Waals surface area contributed by atoms with Crippen molar-refractivity contribution in [1.29, 1.82) is 0 Å². The molecule has 1 aliphatic rings. The lowest BCUT2D eigenvalue weighted by atomic mass is 9.78. The fourth-order valence-corrected chi connectivity index (χ4v) is 4.31. The number of amides is 1. The van der Waals surface area contributed by atoms with Crippen LogP contribution in [-0.2, 0) is 23.6 Å². The van der Waals surface area contributed by atoms with Crippen molar-refractivity contribution in [1.82, 2.24) is 24.5 Å². The van der Waals surface area contributed by atoms with Gasteiger partial charge in [0.2, 0.25) is 5.91 Å². The van der Waals surface area contributed by atoms with Crippen molar-refractivity contribution in [2.24, 2.45) is 6.98 Å². The summed E-state index contributed by atoms with van der Waals surface area (Å²) in [6.07, 6.45) is -7.26. The highest BCUT2D eigenvalue weighted by Gasteiger charge is 2.56. The molecule has 13 heteroatoms. The molecule has 0 saturated carbocycles. The number of aromatic nitrogens is 5. The number of hydrogen-bond donors (Lipinski definition) is 2. The van der Waals surface area contributed by atoms with E-state index in [1.54, 1.807) is 37.3 Å². The Labute approximate surface area is 211 Å². The smallest absolute Gasteiger partial charge is 0.383 e. The van der Waals surface area contributed by atoms with Gasteiger partial charge in [0.1, 0.15) is 34.2 Å². The summed E-state index contributed by atoms with van der Waals surface area (Å²) in [7, 11) is 0. The number of halogens is 5. The van der Waals surface area contributed by atoms with Crippen LogP contribution in [0, 0.1) is 0 Å². The van der Waals surface area contributed by atoms with E-state index >= 15 is 0 Å². The van der Waals surface area contributed by atoms with E-state index in [1.165, 1.54) is 6.07 Å². The van der Waals surface area contributed by atoms with Crippen LogP contribution in [0.1, 0.15) is 34.4 Å². The molecule has 0 spiro atoms. The Morgan fingerprint density at radius 3 is 2.49 bits per heavy atom. The molecule has 1 atom stereocenters. The Bertz CT molecular complexity index is 1640. The zero-order valence-electron chi connectivity index (χ0n) is 22.1. The monoisotopic (exact) mass is 520 g/mol. The number of benzene rings is 1. The third-order valence-electron chi connectivity index (χ3n) is 6.35. The van der Waals surface area contributed by atoms with Crippen LogP contribution in [0.2, 0.25) is 0 Å². The van der Waals surface area contributed by atoms with E-state index in [2.05, 4.69) is 25.3 Å². The van der Waals surface area contributed by atoms with Crippen molar-refractivity contribution in [3.05, 3.63) is 59.5 Å². The van der Waals surface area contributed by atoms with Gasteiger partial charge in [-0.25, -0.2) is 19.9 Å². The Morgan fingerprint density at radius 2 is 1.81 bits per heavy atom. The van der Waals surface area contributed by atoms with Crippen LogP contribution in [0.3, 0.4) is 0 Å². The average Bonchev–Trinajstić information content (AvgIpc) is 3.41. The number of nitrogens with zero attached hydrogens (tertiary/aromatic N) is 5. The van der Waals surface area contributed by atoms with Gasteiger partial charge < -0.3 is 15.6 Å². The van der Waals surface area contributed by atoms with E-state index < -0.39 is 49.1 Å². The molecule has 37 heavy (non-hydrogen) atoms. The molecule has 0 fully saturated rings. The van der Waals surface area contributed by atoms with Crippen molar-refractivity contribution in [3.8, 4) is 11.5 Å². The summed E-state index contributed by atoms with van der Waals surface area (Å²) >= 11 is 0. The van der Waals surface area contributed by atoms with E-state index in [-0.39, 0.29) is 39.8 Å². The summed E-state index contributed by atoms with van der Waals surface area (Å²) < 4.78 is 89.6. The number of aryl methyl sites for hydroxylation is 2. The number of nitrogen functional groups attached to an aromatic ring is 1. The molecule has 0 radical (unpaired) electrons. The number of nitrogens with one attached hydrogen (secondary N) is 1. The summed E-state index contributed by atoms with van der Waals surface area (Å²) in [4.78, 5) is 29.9. The summed E-state index contributed by atoms with van der Waals surface area (Å²) in [5.41, 5.74) is 5.53. The summed E-state index contributed by atoms with van der Waals surface area (Å²) in [6, 6.07) is 10.1. The molecular formula is C24H20F5N7O. The molecule has 1 aliphatic heterocycles. The van der Waals surface area contributed by atoms with Gasteiger partial charge in [0.05, 0.1) is 5.56 Å². The minimum absolute atomic E-state index is 0.0472. The molecule has 5 rings (SSSR count). The number of carbonyl (C=O) groups is 1. The van der Waals surface area contributed by atoms with Gasteiger partial charge in [0.15, 0.2) is 5.82 Å². The van der Waals surface area contributed by atoms with Crippen LogP contribution >= 0.6 is 0 Å². The minimum atomic E-state index is -5.79. The molecule has 192 valence electrons. The second-order valence-corrected chi connectivity index (χ2v) is 8.71. The maximum Gasteiger partial charge on any atom is 0.453 e. The molecule has 4 heterocycles. The molecule has 8 nitrogen and oxygen atoms in total. The van der Waals surface area contributed by atoms with Crippen molar-refractivity contribution >= 4 is 28.6 Å². The molecule has 4 aromatic rings. The van der Waals surface area contributed by atoms with Gasteiger partial charge >= 0.3 is 12.1 Å². The van der Waals surface area contributed by atoms with Crippen molar-refractivity contribution in [3.63, 3.8) is 0 Å². The summed E-state index contributed by atoms with van der Waals surface area (Å²) in [6.45, 7) is -1.12. The maximum absolute atomic E-state index is 13.7. The van der Waals surface area contributed by atoms with Gasteiger partial charge in [-0.2, -0.15) is 22.0 Å². The number of anilines is 2. The summed E-state index contributed by atoms with van der Waals surface area (Å²) in [5, 5.41) is 2.74. The number of rotatable bonds is 5. The predicted octanol–water partition coefficient (Wildman–Crippen LogP) is 4.40. The number of carbonyl (C=O) groups excluding carboxylic acids is 1. The molecule has 1 unspecified atom stereocenters. The zero-order valence-corrected chi connectivity index (χ0v) is 19.1. The average molecular weight is 520 g/mol. The topological polar surface area (TPSA) is 112 Å². The van der Waals surface area contributed by atoms with Crippen molar-refractivity contribution in [2.45, 2.75) is 37.3 Å². The van der Waals surface area contributed by atoms with Gasteiger partial charge in [0, 0.05) is 35.5 Å². The maximum atomic E-state index is 13.7. The lowest BCUT2D eigenvalue weighted by Gasteiger charge is -2.23. The van der Waals surface area contributed by atoms with Gasteiger partial charge in [-0.1, -0.05) is 30.3 Å². The number of alkyl halides is 5. The molecule has 1 aromatic carbocycles. The molecule has 0 saturated heterocycles. The van der Waals surface area contributed by atoms with E-state index in [4.69, 9.17) is 9.85 Å². The van der Waals surface area contributed by atoms with Gasteiger partial charge in [-0.3, -0.25) is 4.79 Å². The van der Waals surface area contributed by atoms with Crippen LogP contribution in [-0.4, -0.2) is 42.5 Å². The van der Waals surface area contributed by atoms with Crippen molar-refractivity contribution < 1.29 is 30.9 Å². The van der Waals surface area contributed by atoms with Crippen LogP contribution in [0.4, 0.5) is 33.6 Å². The van der Waals surface area contributed by atoms with Crippen LogP contribution < -0.4 is 11.1 Å². The van der Waals surface area contributed by atoms with Crippen LogP contribution in [0.15, 0.2) is 42.6 Å². The molecule has 0 aliphatic carbocycles. The molecular weight excluding hydrogens is 497 g/mol. The fourth-order valence-electron chi connectivity index (χ4n) is 4.31. The first-order valence-corrected chi connectivity index (χ1v) is 10.9. The second-order valence-electron chi connectivity index (χ2n) is 8.71. The molecule has 3 aromatic heterocycles. The normalized spacial score (nSPS) is 19.3. The minimum Gasteiger partial charge on any atom is -0.383 e. The third kappa shape index (κ3) is 3.85. The Kier molecular flexibility index (Phi) is 4.64. The fraction of sp³-hybridized carbons (Fsp3) is 0.292. The summed E-state index contributed by atoms with van der Waals surface area (Å²) in [5.74, 6) is -6.24. The quantitative estimate of drug-likeness (QED) is 0.378. The Balaban J connectivity index is 1.66. The highest BCUT2D eigenvalue weighted by molar-refractivity contribution is 6.09. The van der Waals surface area contributed by atoms with Gasteiger partial charge in [0.25, 0.3) is 0 Å². The number of fused-ring (bicyclic) bond motifs is 2. The number of hydrogen-bond acceptors (Lipinski definition) is 6. The standard InChI is InChI=1S/C24H20F5N7O/c1-22(12-6-4-3-5-7-12)15-17(30)33-19(34-18(15)35-21(22)37)16-13-9-11-36(2)20(13)32-14(31-16)8-10-23(25,26)24(27,28)29/h3-7,9,11H,8,10H2,1-2H3,(H3,30,33,34,35,37)/i2D3. The van der Waals surface area contributed by atoms with Gasteiger partial charge in [-0.15, -0.1) is 0 Å². The zero-order chi connectivity index (χ0) is 29.3. The highest BCUT2D eigenvalue weighted by atomic mass is 19.4. The van der Waals surface area contributed by atoms with Crippen LogP contribution in [0.25, 0.3) is 22.6 Å². The first-order valence-electron chi connectivity index (χ1n) is 12.4. The SMILES string of the molecule is [2H]C([2H])([2H])n1ccc2c(-c3nc(N)c4c(n3)NC(=O)C4(C)c3ccccc3)nc(CCC(F)(F)C(F)(F)F)nc21. The van der Waals surface area contributed by atoms with Crippen LogP contribution in [0.5, 0.6) is 0 Å². The third-order valence-corrected chi connectivity index (χ3v) is 6.35. The first kappa shape index (κ1) is 21.0. The predicted molar refractivity (Wildman–Crippen MR) is 125 cm³/mol. The molecule has 1 amide bonds. The molecule has 3 N–H and O–H groups in total. The van der Waals surface area contributed by atoms with E-state index in [0.29, 0.717) is 5.56 Å². The lowest BCUT2D eigenvalue weighted by molar-refractivity contribution is -0.284. The van der Waals surface area contributed by atoms with E-state index in [1.807, 2.05) is 0 Å². The van der Waals surface area contributed by atoms with Crippen molar-refractivity contribution in [2.75, 3.05) is 11.1 Å². The largest absolute Gasteiger partial charge is 0.453 e. The Morgan fingerprint density at radius 1 is 1.08 bits per heavy atom. The second kappa shape index (κ2) is 8.18. The first-order chi connectivity index (χ1) is 18.5. The van der Waals surface area contributed by atoms with Gasteiger partial charge in [-0.05, 0) is 18.6 Å². The molecule has 0 bridgehead atoms. The number of nitrogens with two attached hydrogens (primary N) is 1. The lowest BCUT2D eigenvalue weighted by Crippen LogP contribution is -2.36. The van der Waals surface area contributed by atoms with E-state index in [9.17, 15) is 26.7 Å². The Hall–Kier alpha value is -4.16. The van der Waals surface area contributed by atoms with E-state index in [0.717, 1.165) is 10.8 Å².